The fourth-order valence-electron chi connectivity index (χ4n) is 4.33. The second kappa shape index (κ2) is 16.8. The maximum Gasteiger partial charge on any atom is 0.187 e. The summed E-state index contributed by atoms with van der Waals surface area (Å²) < 4.78 is 62.2. The van der Waals surface area contributed by atoms with E-state index >= 15 is 0 Å². The van der Waals surface area contributed by atoms with Crippen LogP contribution in [0.2, 0.25) is 0 Å². The minimum atomic E-state index is -1.00. The molecule has 0 unspecified atom stereocenters. The number of ether oxygens (including phenoxy) is 11. The summed E-state index contributed by atoms with van der Waals surface area (Å²) in [5.41, 5.74) is 0. The maximum absolute atomic E-state index is 10.6. The Hall–Kier alpha value is 0.0000000000000000347. The van der Waals surface area contributed by atoms with Gasteiger partial charge in [-0.1, -0.05) is 15.9 Å². The number of hydrogen-bond acceptors (Lipinski definition) is 12. The molecular weight excluding hydrogens is 536 g/mol. The smallest absolute Gasteiger partial charge is 0.187 e. The largest absolute Gasteiger partial charge is 0.385 e. The lowest BCUT2D eigenvalue weighted by Gasteiger charge is -2.26. The van der Waals surface area contributed by atoms with E-state index in [2.05, 4.69) is 15.9 Å². The molecule has 2 fully saturated rings. The van der Waals surface area contributed by atoms with Gasteiger partial charge in [0, 0.05) is 48.0 Å². The first-order chi connectivity index (χ1) is 17.0. The van der Waals surface area contributed by atoms with E-state index in [0.717, 1.165) is 0 Å². The summed E-state index contributed by atoms with van der Waals surface area (Å²) in [4.78, 5) is 0. The number of aliphatic hydroxyl groups excluding tert-OH is 1. The zero-order valence-corrected chi connectivity index (χ0v) is 22.9. The van der Waals surface area contributed by atoms with E-state index < -0.39 is 55.3 Å². The molecule has 0 spiro atoms. The highest BCUT2D eigenvalue weighted by Crippen LogP contribution is 2.31. The minimum Gasteiger partial charge on any atom is -0.385 e. The molecule has 0 aromatic heterocycles. The lowest BCUT2D eigenvalue weighted by atomic mass is 10.1. The van der Waals surface area contributed by atoms with Gasteiger partial charge in [0.2, 0.25) is 0 Å². The van der Waals surface area contributed by atoms with Gasteiger partial charge in [-0.25, -0.2) is 0 Å². The first-order valence-electron chi connectivity index (χ1n) is 11.5. The molecule has 35 heavy (non-hydrogen) atoms. The van der Waals surface area contributed by atoms with Gasteiger partial charge in [0.1, 0.15) is 48.8 Å². The summed E-state index contributed by atoms with van der Waals surface area (Å²) in [7, 11) is 9.38. The highest BCUT2D eigenvalue weighted by molar-refractivity contribution is 9.09. The van der Waals surface area contributed by atoms with E-state index in [1.807, 2.05) is 0 Å². The van der Waals surface area contributed by atoms with Crippen LogP contribution in [-0.2, 0) is 52.1 Å². The molecule has 0 saturated carbocycles. The minimum absolute atomic E-state index is 0.131. The van der Waals surface area contributed by atoms with Crippen LogP contribution in [0.15, 0.2) is 0 Å². The predicted octanol–water partition coefficient (Wildman–Crippen LogP) is -0.0368. The predicted molar refractivity (Wildman–Crippen MR) is 126 cm³/mol. The molecule has 0 aromatic rings. The van der Waals surface area contributed by atoms with Crippen molar-refractivity contribution in [2.75, 3.05) is 81.0 Å². The molecule has 1 N–H and O–H groups in total. The van der Waals surface area contributed by atoms with Crippen LogP contribution in [0.1, 0.15) is 0 Å². The fourth-order valence-corrected chi connectivity index (χ4v) is 4.52. The fraction of sp³-hybridized carbons (Fsp3) is 1.00. The monoisotopic (exact) mass is 576 g/mol. The zero-order valence-electron chi connectivity index (χ0n) is 21.3. The van der Waals surface area contributed by atoms with Crippen LogP contribution in [0.4, 0.5) is 0 Å². The van der Waals surface area contributed by atoms with E-state index in [9.17, 15) is 5.11 Å². The molecule has 13 heteroatoms. The quantitative estimate of drug-likeness (QED) is 0.174. The molecule has 2 aliphatic rings. The van der Waals surface area contributed by atoms with E-state index in [1.165, 1.54) is 7.11 Å². The van der Waals surface area contributed by atoms with E-state index in [0.29, 0.717) is 18.5 Å². The van der Waals surface area contributed by atoms with Crippen molar-refractivity contribution in [1.29, 1.82) is 0 Å². The Balaban J connectivity index is 1.94. The van der Waals surface area contributed by atoms with E-state index in [1.54, 1.807) is 35.5 Å². The van der Waals surface area contributed by atoms with Crippen molar-refractivity contribution in [3.63, 3.8) is 0 Å². The zero-order chi connectivity index (χ0) is 25.8. The van der Waals surface area contributed by atoms with Gasteiger partial charge in [-0.3, -0.25) is 0 Å². The van der Waals surface area contributed by atoms with Crippen molar-refractivity contribution in [1.82, 2.24) is 0 Å². The first kappa shape index (κ1) is 31.2. The van der Waals surface area contributed by atoms with E-state index in [4.69, 9.17) is 52.1 Å². The van der Waals surface area contributed by atoms with Gasteiger partial charge in [-0.05, 0) is 0 Å². The summed E-state index contributed by atoms with van der Waals surface area (Å²) >= 11 is 3.37. The van der Waals surface area contributed by atoms with Gasteiger partial charge >= 0.3 is 0 Å². The van der Waals surface area contributed by atoms with Gasteiger partial charge in [-0.2, -0.15) is 0 Å². The second-order valence-electron chi connectivity index (χ2n) is 8.05. The number of hydrogen-bond donors (Lipinski definition) is 1. The molecule has 2 aliphatic heterocycles. The normalized spacial score (nSPS) is 35.0. The molecule has 0 aliphatic carbocycles. The molecule has 0 aromatic carbocycles. The van der Waals surface area contributed by atoms with Crippen molar-refractivity contribution < 1.29 is 57.2 Å². The molecule has 208 valence electrons. The molecular formula is C22H41BrO12. The Morgan fingerprint density at radius 2 is 1.20 bits per heavy atom. The van der Waals surface area contributed by atoms with E-state index in [-0.39, 0.29) is 25.9 Å². The number of halogens is 1. The number of rotatable bonds is 18. The third-order valence-electron chi connectivity index (χ3n) is 6.02. The van der Waals surface area contributed by atoms with Gasteiger partial charge in [0.15, 0.2) is 12.6 Å². The molecule has 2 rings (SSSR count). The number of alkyl halides is 1. The topological polar surface area (TPSA) is 122 Å². The Labute approximate surface area is 215 Å². The average Bonchev–Trinajstić information content (AvgIpc) is 3.38. The number of aliphatic hydroxyl groups is 1. The van der Waals surface area contributed by atoms with Crippen molar-refractivity contribution in [2.24, 2.45) is 0 Å². The molecule has 12 nitrogen and oxygen atoms in total. The van der Waals surface area contributed by atoms with Crippen LogP contribution < -0.4 is 0 Å². The van der Waals surface area contributed by atoms with Gasteiger partial charge in [0.05, 0.1) is 33.0 Å². The SMILES string of the molecule is COC[C@@H](OC)[C@H]1O[C@@H](OCCO[C@@H]2O[C@H]([C@@H](COC)OC)[C@H](OC)[C@H]2O)[C@H](OCCBr)[C@H]1OC. The van der Waals surface area contributed by atoms with Crippen LogP contribution in [0.3, 0.4) is 0 Å². The Kier molecular flexibility index (Phi) is 15.0. The molecule has 0 bridgehead atoms. The Morgan fingerprint density at radius 1 is 0.686 bits per heavy atom. The van der Waals surface area contributed by atoms with Gasteiger partial charge in [0.25, 0.3) is 0 Å². The molecule has 10 atom stereocenters. The lowest BCUT2D eigenvalue weighted by molar-refractivity contribution is -0.217. The second-order valence-corrected chi connectivity index (χ2v) is 8.85. The summed E-state index contributed by atoms with van der Waals surface area (Å²) in [6.45, 7) is 1.34. The standard InChI is InChI=1S/C22H41BrO12/c1-25-11-13(27-3)16-18(29-5)15(24)21(34-16)32-9-10-33-22-20(31-8-7-23)19(30-6)17(35-22)14(28-4)12-26-2/h13-22,24H,7-12H2,1-6H3/t13-,14-,15-,16-,17-,18-,19+,20-,21-,22-/m1/s1. The van der Waals surface area contributed by atoms with Crippen molar-refractivity contribution in [3.8, 4) is 0 Å². The molecule has 2 saturated heterocycles. The third kappa shape index (κ3) is 8.24. The van der Waals surface area contributed by atoms with Gasteiger partial charge in [-0.15, -0.1) is 0 Å². The molecule has 0 radical (unpaired) electrons. The Bertz CT molecular complexity index is 561. The molecule has 0 amide bonds. The van der Waals surface area contributed by atoms with Crippen LogP contribution in [0, 0.1) is 0 Å². The summed E-state index contributed by atoms with van der Waals surface area (Å²) in [6.07, 6.45) is -5.95. The van der Waals surface area contributed by atoms with Crippen LogP contribution in [0.5, 0.6) is 0 Å². The van der Waals surface area contributed by atoms with Crippen molar-refractivity contribution in [2.45, 2.75) is 61.4 Å². The maximum atomic E-state index is 10.6. The highest BCUT2D eigenvalue weighted by Gasteiger charge is 2.50. The summed E-state index contributed by atoms with van der Waals surface area (Å²) in [5, 5.41) is 11.3. The lowest BCUT2D eigenvalue weighted by Crippen LogP contribution is -2.44. The van der Waals surface area contributed by atoms with Crippen LogP contribution in [-0.4, -0.2) is 148 Å². The van der Waals surface area contributed by atoms with Crippen LogP contribution in [0.25, 0.3) is 0 Å². The average molecular weight is 577 g/mol. The van der Waals surface area contributed by atoms with Crippen molar-refractivity contribution >= 4 is 15.9 Å². The first-order valence-corrected chi connectivity index (χ1v) is 12.6. The highest BCUT2D eigenvalue weighted by atomic mass is 79.9. The van der Waals surface area contributed by atoms with Crippen molar-refractivity contribution in [3.05, 3.63) is 0 Å². The summed E-state index contributed by atoms with van der Waals surface area (Å²) in [5.74, 6) is 0. The van der Waals surface area contributed by atoms with Gasteiger partial charge < -0.3 is 57.2 Å². The molecule has 2 heterocycles. The summed E-state index contributed by atoms with van der Waals surface area (Å²) in [6, 6.07) is 0. The number of methoxy groups -OCH3 is 6. The Morgan fingerprint density at radius 3 is 1.69 bits per heavy atom. The van der Waals surface area contributed by atoms with Crippen LogP contribution >= 0.6 is 15.9 Å². The third-order valence-corrected chi connectivity index (χ3v) is 6.34.